The largest absolute Gasteiger partial charge is 0.483 e. The molecule has 1 atom stereocenters. The van der Waals surface area contributed by atoms with Crippen molar-refractivity contribution in [2.75, 3.05) is 13.2 Å². The van der Waals surface area contributed by atoms with Crippen molar-refractivity contribution < 1.29 is 19.1 Å². The maximum absolute atomic E-state index is 12.8. The lowest BCUT2D eigenvalue weighted by Gasteiger charge is -2.30. The summed E-state index contributed by atoms with van der Waals surface area (Å²) >= 11 is 5.34. The highest BCUT2D eigenvalue weighted by Gasteiger charge is 2.32. The minimum Gasteiger partial charge on any atom is -0.483 e. The number of aryl methyl sites for hydroxylation is 1. The molecule has 4 aromatic rings. The zero-order chi connectivity index (χ0) is 30.5. The van der Waals surface area contributed by atoms with E-state index in [-0.39, 0.29) is 13.2 Å². The Morgan fingerprint density at radius 2 is 1.79 bits per heavy atom. The molecule has 0 aliphatic carbocycles. The molecule has 9 nitrogen and oxygen atoms in total. The van der Waals surface area contributed by atoms with Crippen molar-refractivity contribution in [3.05, 3.63) is 107 Å². The first-order valence-corrected chi connectivity index (χ1v) is 14.4. The number of rotatable bonds is 9. The van der Waals surface area contributed by atoms with Crippen molar-refractivity contribution in [1.82, 2.24) is 20.6 Å². The van der Waals surface area contributed by atoms with Crippen LogP contribution in [0.3, 0.4) is 0 Å². The Morgan fingerprint density at radius 1 is 1.05 bits per heavy atom. The first-order chi connectivity index (χ1) is 20.8. The Hall–Kier alpha value is -4.96. The molecule has 0 saturated carbocycles. The number of carbonyl (C=O) groups excluding carboxylic acids is 2. The van der Waals surface area contributed by atoms with Gasteiger partial charge >= 0.3 is 5.97 Å². The van der Waals surface area contributed by atoms with E-state index in [0.717, 1.165) is 28.0 Å². The minimum absolute atomic E-state index is 0.235. The number of hydrogen-bond acceptors (Lipinski definition) is 6. The number of hydrogen-bond donors (Lipinski definition) is 3. The smallest absolute Gasteiger partial charge is 0.338 e. The summed E-state index contributed by atoms with van der Waals surface area (Å²) in [5, 5.41) is 13.0. The van der Waals surface area contributed by atoms with E-state index >= 15 is 0 Å². The van der Waals surface area contributed by atoms with Gasteiger partial charge < -0.3 is 24.7 Å². The molecule has 2 heterocycles. The van der Waals surface area contributed by atoms with Gasteiger partial charge in [0.25, 0.3) is 5.91 Å². The molecular formula is C33H33N5O4S. The highest BCUT2D eigenvalue weighted by atomic mass is 32.1. The zero-order valence-corrected chi connectivity index (χ0v) is 25.2. The Balaban J connectivity index is 1.28. The van der Waals surface area contributed by atoms with Crippen LogP contribution in [0.5, 0.6) is 5.75 Å². The van der Waals surface area contributed by atoms with Crippen LogP contribution in [0.2, 0.25) is 0 Å². The number of allylic oxidation sites excluding steroid dienone is 1. The maximum Gasteiger partial charge on any atom is 0.338 e. The number of benzene rings is 3. The summed E-state index contributed by atoms with van der Waals surface area (Å²) in [5.74, 6) is -0.466. The number of nitrogens with one attached hydrogen (secondary N) is 3. The topological polar surface area (TPSA) is 106 Å². The number of carbonyl (C=O) groups is 2. The molecular weight excluding hydrogens is 562 g/mol. The predicted octanol–water partition coefficient (Wildman–Crippen LogP) is 5.13. The number of amides is 1. The fourth-order valence-corrected chi connectivity index (χ4v) is 5.57. The van der Waals surface area contributed by atoms with E-state index < -0.39 is 17.9 Å². The van der Waals surface area contributed by atoms with Crippen LogP contribution in [0.25, 0.3) is 16.5 Å². The van der Waals surface area contributed by atoms with Gasteiger partial charge in [0.15, 0.2) is 11.7 Å². The van der Waals surface area contributed by atoms with E-state index in [4.69, 9.17) is 21.7 Å². The van der Waals surface area contributed by atoms with Gasteiger partial charge in [-0.2, -0.15) is 5.10 Å². The van der Waals surface area contributed by atoms with E-state index in [9.17, 15) is 9.59 Å². The summed E-state index contributed by atoms with van der Waals surface area (Å²) in [5.41, 5.74) is 8.21. The molecule has 0 spiro atoms. The van der Waals surface area contributed by atoms with Crippen LogP contribution in [0, 0.1) is 13.8 Å². The molecule has 3 aromatic carbocycles. The summed E-state index contributed by atoms with van der Waals surface area (Å²) in [6.07, 6.45) is 1.63. The van der Waals surface area contributed by atoms with Gasteiger partial charge in [-0.15, -0.1) is 0 Å². The van der Waals surface area contributed by atoms with Crippen LogP contribution >= 0.6 is 12.2 Å². The highest BCUT2D eigenvalue weighted by Crippen LogP contribution is 2.33. The van der Waals surface area contributed by atoms with Crippen LogP contribution < -0.4 is 20.8 Å². The lowest BCUT2D eigenvalue weighted by molar-refractivity contribution is -0.139. The molecule has 0 fully saturated rings. The van der Waals surface area contributed by atoms with Crippen LogP contribution in [-0.4, -0.2) is 41.0 Å². The number of thiocarbonyl (C=S) groups is 1. The normalized spacial score (nSPS) is 14.9. The van der Waals surface area contributed by atoms with Crippen molar-refractivity contribution in [3.63, 3.8) is 0 Å². The fourth-order valence-electron chi connectivity index (χ4n) is 5.30. The van der Waals surface area contributed by atoms with E-state index in [1.54, 1.807) is 32.2 Å². The number of esters is 1. The van der Waals surface area contributed by atoms with Crippen molar-refractivity contribution in [1.29, 1.82) is 0 Å². The van der Waals surface area contributed by atoms with Gasteiger partial charge in [-0.3, -0.25) is 4.79 Å². The zero-order valence-electron chi connectivity index (χ0n) is 24.4. The third kappa shape index (κ3) is 6.29. The van der Waals surface area contributed by atoms with Crippen LogP contribution in [-0.2, 0) is 14.3 Å². The lowest BCUT2D eigenvalue weighted by Crippen LogP contribution is -2.45. The second kappa shape index (κ2) is 12.9. The second-order valence-electron chi connectivity index (χ2n) is 10.1. The molecule has 0 unspecified atom stereocenters. The summed E-state index contributed by atoms with van der Waals surface area (Å²) in [7, 11) is 0. The quantitative estimate of drug-likeness (QED) is 0.107. The highest BCUT2D eigenvalue weighted by molar-refractivity contribution is 7.80. The van der Waals surface area contributed by atoms with Gasteiger partial charge in [0.1, 0.15) is 5.75 Å². The van der Waals surface area contributed by atoms with Crippen LogP contribution in [0.1, 0.15) is 42.4 Å². The second-order valence-corrected chi connectivity index (χ2v) is 10.5. The third-order valence-corrected chi connectivity index (χ3v) is 7.44. The van der Waals surface area contributed by atoms with E-state index in [1.165, 1.54) is 5.39 Å². The van der Waals surface area contributed by atoms with E-state index in [2.05, 4.69) is 50.0 Å². The fraction of sp³-hybridized carbons (Fsp3) is 0.212. The van der Waals surface area contributed by atoms with Crippen LogP contribution in [0.4, 0.5) is 0 Å². The standard InChI is InChI=1S/C33H33N5O4S/c1-5-41-32(40)30-21(3)35-33(43)36-31(30)26-14-8-9-16-28(26)42-19-29(39)37-34-18-24-17-20(2)38(22(24)4)27-15-10-12-23-11-6-7-13-25(23)27/h6-18,31H,5,19H2,1-4H3,(H,37,39)(H2,35,36,43)/t31-/m1/s1. The lowest BCUT2D eigenvalue weighted by atomic mass is 9.95. The number of hydrazone groups is 1. The third-order valence-electron chi connectivity index (χ3n) is 7.22. The molecule has 10 heteroatoms. The van der Waals surface area contributed by atoms with Gasteiger partial charge in [0, 0.05) is 33.6 Å². The maximum atomic E-state index is 12.8. The van der Waals surface area contributed by atoms with Crippen molar-refractivity contribution in [3.8, 4) is 11.4 Å². The molecule has 1 amide bonds. The molecule has 0 radical (unpaired) electrons. The minimum atomic E-state index is -0.609. The Labute approximate surface area is 255 Å². The van der Waals surface area contributed by atoms with E-state index in [0.29, 0.717) is 27.7 Å². The first kappa shape index (κ1) is 29.5. The Morgan fingerprint density at radius 3 is 2.60 bits per heavy atom. The average Bonchev–Trinajstić information content (AvgIpc) is 3.27. The molecule has 1 aliphatic heterocycles. The first-order valence-electron chi connectivity index (χ1n) is 13.9. The number of aromatic nitrogens is 1. The molecule has 1 aliphatic rings. The van der Waals surface area contributed by atoms with Crippen molar-refractivity contribution in [2.24, 2.45) is 5.10 Å². The van der Waals surface area contributed by atoms with Gasteiger partial charge in [-0.1, -0.05) is 54.6 Å². The predicted molar refractivity (Wildman–Crippen MR) is 171 cm³/mol. The van der Waals surface area contributed by atoms with Gasteiger partial charge in [0.05, 0.1) is 30.1 Å². The number of nitrogens with zero attached hydrogens (tertiary/aromatic N) is 2. The SMILES string of the molecule is CCOC(=O)C1=C(C)NC(=S)N[C@@H]1c1ccccc1OCC(=O)NN=Cc1cc(C)n(-c2cccc3ccccc23)c1C. The van der Waals surface area contributed by atoms with Gasteiger partial charge in [0.2, 0.25) is 0 Å². The number of para-hydroxylation sites is 1. The summed E-state index contributed by atoms with van der Waals surface area (Å²) in [6, 6.07) is 23.1. The summed E-state index contributed by atoms with van der Waals surface area (Å²) in [4.78, 5) is 25.5. The molecule has 0 bridgehead atoms. The van der Waals surface area contributed by atoms with Gasteiger partial charge in [-0.25, -0.2) is 10.2 Å². The van der Waals surface area contributed by atoms with Crippen LogP contribution in [0.15, 0.2) is 89.2 Å². The monoisotopic (exact) mass is 595 g/mol. The number of fused-ring (bicyclic) bond motifs is 1. The summed E-state index contributed by atoms with van der Waals surface area (Å²) in [6.45, 7) is 7.54. The van der Waals surface area contributed by atoms with Gasteiger partial charge in [-0.05, 0) is 63.5 Å². The molecule has 220 valence electrons. The Kier molecular flexibility index (Phi) is 8.87. The molecule has 43 heavy (non-hydrogen) atoms. The molecule has 0 saturated heterocycles. The molecule has 1 aromatic heterocycles. The molecule has 5 rings (SSSR count). The molecule has 3 N–H and O–H groups in total. The van der Waals surface area contributed by atoms with Crippen molar-refractivity contribution >= 4 is 46.2 Å². The summed E-state index contributed by atoms with van der Waals surface area (Å²) < 4.78 is 13.4. The Bertz CT molecular complexity index is 1770. The number of ether oxygens (including phenoxy) is 2. The van der Waals surface area contributed by atoms with E-state index in [1.807, 2.05) is 50.2 Å². The average molecular weight is 596 g/mol. The van der Waals surface area contributed by atoms with Crippen molar-refractivity contribution in [2.45, 2.75) is 33.7 Å².